The fourth-order valence-corrected chi connectivity index (χ4v) is 1.54. The van der Waals surface area contributed by atoms with Gasteiger partial charge in [0, 0.05) is 7.05 Å². The molecule has 2 rings (SSSR count). The number of aryl methyl sites for hydroxylation is 1. The number of hydrogen-bond donors (Lipinski definition) is 2. The molecule has 6 nitrogen and oxygen atoms in total. The lowest BCUT2D eigenvalue weighted by molar-refractivity contribution is 0.0693. The van der Waals surface area contributed by atoms with Gasteiger partial charge < -0.3 is 14.9 Å². The summed E-state index contributed by atoms with van der Waals surface area (Å²) in [5, 5.41) is 22.4. The van der Waals surface area contributed by atoms with E-state index >= 15 is 0 Å². The summed E-state index contributed by atoms with van der Waals surface area (Å²) in [5.41, 5.74) is 0.527. The molecule has 0 amide bonds. The largest absolute Gasteiger partial charge is 0.504 e. The Balaban J connectivity index is 2.18. The van der Waals surface area contributed by atoms with E-state index in [1.807, 2.05) is 0 Å². The zero-order valence-corrected chi connectivity index (χ0v) is 9.70. The number of benzene rings is 1. The van der Waals surface area contributed by atoms with Gasteiger partial charge in [-0.3, -0.25) is 4.68 Å². The molecule has 18 heavy (non-hydrogen) atoms. The molecule has 2 N–H and O–H groups in total. The van der Waals surface area contributed by atoms with Crippen molar-refractivity contribution < 1.29 is 19.7 Å². The smallest absolute Gasteiger partial charge is 0.339 e. The normalized spacial score (nSPS) is 10.3. The molecule has 0 saturated carbocycles. The highest BCUT2D eigenvalue weighted by Gasteiger charge is 2.15. The quantitative estimate of drug-likeness (QED) is 0.854. The Morgan fingerprint density at radius 3 is 2.83 bits per heavy atom. The number of nitrogens with zero attached hydrogens (tertiary/aromatic N) is 2. The van der Waals surface area contributed by atoms with Gasteiger partial charge in [-0.25, -0.2) is 4.79 Å². The Morgan fingerprint density at radius 1 is 1.44 bits per heavy atom. The van der Waals surface area contributed by atoms with Crippen LogP contribution >= 0.6 is 0 Å². The molecule has 0 spiro atoms. The third-order valence-corrected chi connectivity index (χ3v) is 2.52. The number of carbonyl (C=O) groups is 1. The number of phenols is 1. The zero-order valence-electron chi connectivity index (χ0n) is 9.70. The molecule has 0 unspecified atom stereocenters. The van der Waals surface area contributed by atoms with Crippen molar-refractivity contribution in [2.24, 2.45) is 7.05 Å². The Hall–Kier alpha value is -2.50. The minimum atomic E-state index is -1.06. The topological polar surface area (TPSA) is 84.6 Å². The molecular weight excluding hydrogens is 236 g/mol. The second-order valence-corrected chi connectivity index (χ2v) is 3.69. The lowest BCUT2D eigenvalue weighted by Gasteiger charge is -2.08. The van der Waals surface area contributed by atoms with E-state index in [9.17, 15) is 9.90 Å². The maximum atomic E-state index is 11.0. The van der Waals surface area contributed by atoms with Crippen LogP contribution < -0.4 is 4.74 Å². The summed E-state index contributed by atoms with van der Waals surface area (Å²) in [6, 6.07) is 6.49. The number of aromatic carboxylic acids is 1. The molecular formula is C12H12N2O4. The predicted molar refractivity (Wildman–Crippen MR) is 62.6 cm³/mol. The van der Waals surface area contributed by atoms with E-state index in [1.54, 1.807) is 25.2 Å². The average Bonchev–Trinajstić information content (AvgIpc) is 2.70. The van der Waals surface area contributed by atoms with Gasteiger partial charge in [0.15, 0.2) is 11.5 Å². The number of hydrogen-bond acceptors (Lipinski definition) is 4. The summed E-state index contributed by atoms with van der Waals surface area (Å²) in [7, 11) is 1.63. The summed E-state index contributed by atoms with van der Waals surface area (Å²) in [6.45, 7) is 0.0235. The van der Waals surface area contributed by atoms with Crippen LogP contribution in [0.4, 0.5) is 0 Å². The molecule has 94 valence electrons. The number of carboxylic acid groups (broad SMARTS) is 1. The van der Waals surface area contributed by atoms with Gasteiger partial charge in [0.1, 0.15) is 12.2 Å². The summed E-state index contributed by atoms with van der Waals surface area (Å²) < 4.78 is 6.81. The molecule has 0 aliphatic carbocycles. The lowest BCUT2D eigenvalue weighted by Crippen LogP contribution is -2.08. The first-order valence-corrected chi connectivity index (χ1v) is 5.24. The lowest BCUT2D eigenvalue weighted by atomic mass is 10.2. The van der Waals surface area contributed by atoms with Gasteiger partial charge in [0.2, 0.25) is 0 Å². The number of aromatic hydroxyl groups is 1. The van der Waals surface area contributed by atoms with Gasteiger partial charge >= 0.3 is 5.97 Å². The zero-order chi connectivity index (χ0) is 13.1. The van der Waals surface area contributed by atoms with Crippen LogP contribution in [0.25, 0.3) is 0 Å². The van der Waals surface area contributed by atoms with E-state index in [0.717, 1.165) is 0 Å². The van der Waals surface area contributed by atoms with Crippen LogP contribution in [0.5, 0.6) is 11.5 Å². The molecule has 0 bridgehead atoms. The minimum Gasteiger partial charge on any atom is -0.504 e. The number of aromatic nitrogens is 2. The van der Waals surface area contributed by atoms with Crippen molar-refractivity contribution in [1.82, 2.24) is 9.78 Å². The van der Waals surface area contributed by atoms with Gasteiger partial charge in [0.25, 0.3) is 0 Å². The van der Waals surface area contributed by atoms with Gasteiger partial charge in [-0.1, -0.05) is 12.1 Å². The van der Waals surface area contributed by atoms with Crippen LogP contribution in [0.3, 0.4) is 0 Å². The van der Waals surface area contributed by atoms with E-state index in [-0.39, 0.29) is 17.9 Å². The molecule has 0 aliphatic heterocycles. The first kappa shape index (κ1) is 12.0. The molecule has 2 aromatic rings. The van der Waals surface area contributed by atoms with Crippen molar-refractivity contribution in [3.05, 3.63) is 41.7 Å². The predicted octanol–water partition coefficient (Wildman–Crippen LogP) is 1.40. The highest BCUT2D eigenvalue weighted by Crippen LogP contribution is 2.25. The summed E-state index contributed by atoms with van der Waals surface area (Å²) in [5.74, 6) is -0.745. The standard InChI is InChI=1S/C12H12N2O4/c1-14-9(8(6-13-14)12(16)17)7-18-11-5-3-2-4-10(11)15/h2-6,15H,7H2,1H3,(H,16,17). The van der Waals surface area contributed by atoms with E-state index in [0.29, 0.717) is 11.4 Å². The summed E-state index contributed by atoms with van der Waals surface area (Å²) in [6.07, 6.45) is 1.27. The Morgan fingerprint density at radius 2 is 2.17 bits per heavy atom. The summed E-state index contributed by atoms with van der Waals surface area (Å²) in [4.78, 5) is 11.0. The molecule has 0 radical (unpaired) electrons. The first-order chi connectivity index (χ1) is 8.59. The number of rotatable bonds is 4. The van der Waals surface area contributed by atoms with Crippen molar-refractivity contribution in [3.63, 3.8) is 0 Å². The summed E-state index contributed by atoms with van der Waals surface area (Å²) >= 11 is 0. The third kappa shape index (κ3) is 2.27. The molecule has 0 fully saturated rings. The van der Waals surface area contributed by atoms with Crippen LogP contribution in [0.2, 0.25) is 0 Å². The van der Waals surface area contributed by atoms with Gasteiger partial charge in [0.05, 0.1) is 11.9 Å². The van der Waals surface area contributed by atoms with Crippen LogP contribution in [0.15, 0.2) is 30.5 Å². The van der Waals surface area contributed by atoms with Crippen LogP contribution in [0.1, 0.15) is 16.1 Å². The molecule has 6 heteroatoms. The van der Waals surface area contributed by atoms with Crippen molar-refractivity contribution >= 4 is 5.97 Å². The highest BCUT2D eigenvalue weighted by atomic mass is 16.5. The second kappa shape index (κ2) is 4.79. The second-order valence-electron chi connectivity index (χ2n) is 3.69. The van der Waals surface area contributed by atoms with Gasteiger partial charge in [-0.2, -0.15) is 5.10 Å². The SMILES string of the molecule is Cn1ncc(C(=O)O)c1COc1ccccc1O. The van der Waals surface area contributed by atoms with E-state index < -0.39 is 5.97 Å². The molecule has 0 aliphatic rings. The molecule has 0 saturated heterocycles. The Bertz CT molecular complexity index is 577. The third-order valence-electron chi connectivity index (χ3n) is 2.52. The van der Waals surface area contributed by atoms with E-state index in [1.165, 1.54) is 16.9 Å². The van der Waals surface area contributed by atoms with Gasteiger partial charge in [-0.15, -0.1) is 0 Å². The number of carboxylic acids is 1. The van der Waals surface area contributed by atoms with Crippen LogP contribution in [-0.2, 0) is 13.7 Å². The molecule has 1 aromatic heterocycles. The monoisotopic (exact) mass is 248 g/mol. The van der Waals surface area contributed by atoms with Crippen LogP contribution in [-0.4, -0.2) is 26.0 Å². The average molecular weight is 248 g/mol. The van der Waals surface area contributed by atoms with E-state index in [4.69, 9.17) is 9.84 Å². The van der Waals surface area contributed by atoms with Crippen molar-refractivity contribution in [2.45, 2.75) is 6.61 Å². The number of para-hydroxylation sites is 2. The Kier molecular flexibility index (Phi) is 3.18. The fourth-order valence-electron chi connectivity index (χ4n) is 1.54. The Labute approximate surface area is 103 Å². The first-order valence-electron chi connectivity index (χ1n) is 5.24. The van der Waals surface area contributed by atoms with Crippen molar-refractivity contribution in [3.8, 4) is 11.5 Å². The molecule has 1 aromatic carbocycles. The number of phenolic OH excluding ortho intramolecular Hbond substituents is 1. The molecule has 1 heterocycles. The van der Waals surface area contributed by atoms with Gasteiger partial charge in [-0.05, 0) is 12.1 Å². The van der Waals surface area contributed by atoms with E-state index in [2.05, 4.69) is 5.10 Å². The fraction of sp³-hybridized carbons (Fsp3) is 0.167. The number of ether oxygens (including phenoxy) is 1. The maximum absolute atomic E-state index is 11.0. The van der Waals surface area contributed by atoms with Crippen LogP contribution in [0, 0.1) is 0 Å². The minimum absolute atomic E-state index is 0.0107. The molecule has 0 atom stereocenters. The highest BCUT2D eigenvalue weighted by molar-refractivity contribution is 5.88. The van der Waals surface area contributed by atoms with Crippen molar-refractivity contribution in [2.75, 3.05) is 0 Å². The maximum Gasteiger partial charge on any atom is 0.339 e. The van der Waals surface area contributed by atoms with Crippen molar-refractivity contribution in [1.29, 1.82) is 0 Å².